The Morgan fingerprint density at radius 1 is 1.17 bits per heavy atom. The van der Waals surface area contributed by atoms with Crippen molar-refractivity contribution in [3.63, 3.8) is 0 Å². The summed E-state index contributed by atoms with van der Waals surface area (Å²) >= 11 is 6.01. The second kappa shape index (κ2) is 8.04. The Hall–Kier alpha value is -3.20. The first-order valence-electron chi connectivity index (χ1n) is 9.32. The lowest BCUT2D eigenvalue weighted by Crippen LogP contribution is -2.40. The molecule has 150 valence electrons. The van der Waals surface area contributed by atoms with Gasteiger partial charge in [-0.2, -0.15) is 0 Å². The van der Waals surface area contributed by atoms with Gasteiger partial charge in [0.15, 0.2) is 0 Å². The first kappa shape index (κ1) is 19.1. The Bertz CT molecular complexity index is 1010. The van der Waals surface area contributed by atoms with Crippen molar-refractivity contribution in [2.45, 2.75) is 25.8 Å². The quantitative estimate of drug-likeness (QED) is 0.503. The van der Waals surface area contributed by atoms with Crippen molar-refractivity contribution in [2.24, 2.45) is 0 Å². The van der Waals surface area contributed by atoms with Crippen molar-refractivity contribution in [3.8, 4) is 5.69 Å². The normalized spacial score (nSPS) is 14.8. The van der Waals surface area contributed by atoms with Gasteiger partial charge in [0, 0.05) is 36.4 Å². The Labute approximate surface area is 172 Å². The number of pyridine rings is 1. The molecule has 3 aromatic rings. The molecule has 0 radical (unpaired) electrons. The molecule has 1 aliphatic heterocycles. The molecule has 10 heteroatoms. The Kier molecular flexibility index (Phi) is 5.30. The zero-order chi connectivity index (χ0) is 20.4. The van der Waals surface area contributed by atoms with E-state index in [1.54, 1.807) is 12.3 Å². The number of piperidine rings is 1. The summed E-state index contributed by atoms with van der Waals surface area (Å²) in [5.41, 5.74) is 0.948. The van der Waals surface area contributed by atoms with E-state index in [0.717, 1.165) is 43.4 Å². The van der Waals surface area contributed by atoms with Crippen molar-refractivity contribution in [1.29, 1.82) is 0 Å². The minimum Gasteiger partial charge on any atom is -0.361 e. The molecule has 0 unspecified atom stereocenters. The van der Waals surface area contributed by atoms with E-state index in [1.165, 1.54) is 6.07 Å². The van der Waals surface area contributed by atoms with Gasteiger partial charge in [0.2, 0.25) is 11.8 Å². The molecule has 0 saturated carbocycles. The summed E-state index contributed by atoms with van der Waals surface area (Å²) in [6, 6.07) is 10.7. The fraction of sp³-hybridized carbons (Fsp3) is 0.316. The van der Waals surface area contributed by atoms with E-state index in [-0.39, 0.29) is 11.7 Å². The third-order valence-electron chi connectivity index (χ3n) is 4.99. The van der Waals surface area contributed by atoms with Crippen LogP contribution in [-0.4, -0.2) is 43.8 Å². The summed E-state index contributed by atoms with van der Waals surface area (Å²) in [4.78, 5) is 17.1. The standard InChI is InChI=1S/C19H20ClN7O2/c1-13-23-24-19(26(13)16-6-4-14(20)5-7-16)25-11-8-15(9-12-25)22-18-17(27(28)29)3-2-10-21-18/h2-7,10,15H,8-9,11-12H2,1H3,(H,21,22). The van der Waals surface area contributed by atoms with E-state index in [2.05, 4.69) is 25.4 Å². The number of aryl methyl sites for hydroxylation is 1. The number of benzene rings is 1. The summed E-state index contributed by atoms with van der Waals surface area (Å²) in [7, 11) is 0. The van der Waals surface area contributed by atoms with Crippen LogP contribution in [0.25, 0.3) is 5.69 Å². The maximum Gasteiger partial charge on any atom is 0.311 e. The highest BCUT2D eigenvalue weighted by Gasteiger charge is 2.26. The highest BCUT2D eigenvalue weighted by molar-refractivity contribution is 6.30. The van der Waals surface area contributed by atoms with E-state index < -0.39 is 4.92 Å². The fourth-order valence-electron chi connectivity index (χ4n) is 3.52. The average Bonchev–Trinajstić information content (AvgIpc) is 3.11. The largest absolute Gasteiger partial charge is 0.361 e. The number of rotatable bonds is 5. The number of halogens is 1. The first-order chi connectivity index (χ1) is 14.0. The zero-order valence-corrected chi connectivity index (χ0v) is 16.6. The van der Waals surface area contributed by atoms with Gasteiger partial charge in [-0.1, -0.05) is 11.6 Å². The summed E-state index contributed by atoms with van der Waals surface area (Å²) in [5, 5.41) is 23.7. The van der Waals surface area contributed by atoms with Crippen LogP contribution in [0.3, 0.4) is 0 Å². The molecule has 9 nitrogen and oxygen atoms in total. The minimum atomic E-state index is -0.415. The van der Waals surface area contributed by atoms with Gasteiger partial charge in [-0.05, 0) is 50.1 Å². The van der Waals surface area contributed by atoms with Gasteiger partial charge in [0.1, 0.15) is 5.82 Å². The van der Waals surface area contributed by atoms with E-state index in [0.29, 0.717) is 10.8 Å². The van der Waals surface area contributed by atoms with Crippen LogP contribution in [0.5, 0.6) is 0 Å². The van der Waals surface area contributed by atoms with Crippen LogP contribution < -0.4 is 10.2 Å². The number of aromatic nitrogens is 4. The Balaban J connectivity index is 1.47. The molecular formula is C19H20ClN7O2. The van der Waals surface area contributed by atoms with E-state index in [1.807, 2.05) is 35.8 Å². The lowest BCUT2D eigenvalue weighted by Gasteiger charge is -2.33. The second-order valence-electron chi connectivity index (χ2n) is 6.89. The third-order valence-corrected chi connectivity index (χ3v) is 5.25. The topological polar surface area (TPSA) is 102 Å². The monoisotopic (exact) mass is 413 g/mol. The first-order valence-corrected chi connectivity index (χ1v) is 9.69. The Morgan fingerprint density at radius 3 is 2.59 bits per heavy atom. The predicted octanol–water partition coefficient (Wildman–Crippen LogP) is 3.61. The lowest BCUT2D eigenvalue weighted by molar-refractivity contribution is -0.384. The van der Waals surface area contributed by atoms with Crippen molar-refractivity contribution >= 4 is 29.1 Å². The average molecular weight is 414 g/mol. The van der Waals surface area contributed by atoms with Gasteiger partial charge in [-0.25, -0.2) is 4.98 Å². The van der Waals surface area contributed by atoms with E-state index in [9.17, 15) is 10.1 Å². The van der Waals surface area contributed by atoms with Crippen molar-refractivity contribution in [3.05, 3.63) is 63.6 Å². The molecular weight excluding hydrogens is 394 g/mol. The van der Waals surface area contributed by atoms with Crippen molar-refractivity contribution in [1.82, 2.24) is 19.7 Å². The molecule has 0 aliphatic carbocycles. The maximum absolute atomic E-state index is 11.2. The number of hydrogen-bond donors (Lipinski definition) is 1. The SMILES string of the molecule is Cc1nnc(N2CCC(Nc3ncccc3[N+](=O)[O-])CC2)n1-c1ccc(Cl)cc1. The van der Waals surface area contributed by atoms with Crippen LogP contribution in [-0.2, 0) is 0 Å². The van der Waals surface area contributed by atoms with Crippen molar-refractivity contribution in [2.75, 3.05) is 23.3 Å². The number of nitrogens with one attached hydrogen (secondary N) is 1. The van der Waals surface area contributed by atoms with Gasteiger partial charge in [-0.15, -0.1) is 10.2 Å². The van der Waals surface area contributed by atoms with E-state index >= 15 is 0 Å². The second-order valence-corrected chi connectivity index (χ2v) is 7.33. The smallest absolute Gasteiger partial charge is 0.311 e. The molecule has 1 fully saturated rings. The molecule has 1 aliphatic rings. The summed E-state index contributed by atoms with van der Waals surface area (Å²) in [6.07, 6.45) is 3.17. The third kappa shape index (κ3) is 4.00. The molecule has 3 heterocycles. The molecule has 0 amide bonds. The Morgan fingerprint density at radius 2 is 1.90 bits per heavy atom. The highest BCUT2D eigenvalue weighted by Crippen LogP contribution is 2.27. The number of nitro groups is 1. The number of anilines is 2. The molecule has 0 bridgehead atoms. The van der Waals surface area contributed by atoms with Crippen LogP contribution in [0.2, 0.25) is 5.02 Å². The fourth-order valence-corrected chi connectivity index (χ4v) is 3.65. The van der Waals surface area contributed by atoms with Gasteiger partial charge in [0.25, 0.3) is 0 Å². The maximum atomic E-state index is 11.2. The van der Waals surface area contributed by atoms with Crippen molar-refractivity contribution < 1.29 is 4.92 Å². The van der Waals surface area contributed by atoms with Gasteiger partial charge in [0.05, 0.1) is 10.6 Å². The molecule has 29 heavy (non-hydrogen) atoms. The van der Waals surface area contributed by atoms with Crippen LogP contribution >= 0.6 is 11.6 Å². The molecule has 1 aromatic carbocycles. The van der Waals surface area contributed by atoms with Crippen LogP contribution in [0.1, 0.15) is 18.7 Å². The van der Waals surface area contributed by atoms with Gasteiger partial charge in [-0.3, -0.25) is 14.7 Å². The molecule has 0 spiro atoms. The highest BCUT2D eigenvalue weighted by atomic mass is 35.5. The minimum absolute atomic E-state index is 0.00645. The van der Waals surface area contributed by atoms with Gasteiger partial charge >= 0.3 is 5.69 Å². The van der Waals surface area contributed by atoms with E-state index in [4.69, 9.17) is 11.6 Å². The molecule has 1 N–H and O–H groups in total. The zero-order valence-electron chi connectivity index (χ0n) is 15.8. The molecule has 2 aromatic heterocycles. The predicted molar refractivity (Wildman–Crippen MR) is 111 cm³/mol. The molecule has 1 saturated heterocycles. The lowest BCUT2D eigenvalue weighted by atomic mass is 10.1. The van der Waals surface area contributed by atoms with Crippen LogP contribution in [0, 0.1) is 17.0 Å². The summed E-state index contributed by atoms with van der Waals surface area (Å²) in [6.45, 7) is 3.42. The summed E-state index contributed by atoms with van der Waals surface area (Å²) < 4.78 is 2.01. The number of hydrogen-bond acceptors (Lipinski definition) is 7. The molecule has 4 rings (SSSR count). The van der Waals surface area contributed by atoms with Gasteiger partial charge < -0.3 is 10.2 Å². The van der Waals surface area contributed by atoms with Crippen LogP contribution in [0.4, 0.5) is 17.5 Å². The van der Waals surface area contributed by atoms with Crippen LogP contribution in [0.15, 0.2) is 42.6 Å². The summed E-state index contributed by atoms with van der Waals surface area (Å²) in [5.74, 6) is 1.90. The molecule has 0 atom stereocenters. The number of nitrogens with zero attached hydrogens (tertiary/aromatic N) is 6.